The Bertz CT molecular complexity index is 1100. The van der Waals surface area contributed by atoms with Crippen molar-refractivity contribution in [3.8, 4) is 0 Å². The molecule has 8 N–H and O–H groups in total. The maximum Gasteiger partial charge on any atom is 0.186 e. The van der Waals surface area contributed by atoms with Crippen molar-refractivity contribution >= 4 is 0 Å². The molecule has 2 aliphatic heterocycles. The lowest BCUT2D eigenvalue weighted by Crippen LogP contribution is -2.40. The number of hydrogen-bond donors (Lipinski definition) is 8. The zero-order valence-electron chi connectivity index (χ0n) is 44.7. The summed E-state index contributed by atoms with van der Waals surface area (Å²) < 4.78 is 47.1. The van der Waals surface area contributed by atoms with Crippen LogP contribution in [0.2, 0.25) is 0 Å². The van der Waals surface area contributed by atoms with E-state index in [9.17, 15) is 40.9 Å². The predicted octanol–water partition coefficient (Wildman–Crippen LogP) is 6.59. The van der Waals surface area contributed by atoms with Crippen molar-refractivity contribution in [1.82, 2.24) is 0 Å². The highest BCUT2D eigenvalue weighted by atomic mass is 16.7. The van der Waals surface area contributed by atoms with Crippen molar-refractivity contribution in [3.63, 3.8) is 0 Å². The van der Waals surface area contributed by atoms with E-state index in [0.717, 1.165) is 51.4 Å². The van der Waals surface area contributed by atoms with E-state index in [2.05, 4.69) is 41.5 Å². The van der Waals surface area contributed by atoms with Crippen molar-refractivity contribution < 1.29 is 78.7 Å². The van der Waals surface area contributed by atoms with E-state index in [-0.39, 0.29) is 25.4 Å². The predicted molar refractivity (Wildman–Crippen MR) is 270 cm³/mol. The molecule has 2 aliphatic rings. The van der Waals surface area contributed by atoms with E-state index in [1.807, 2.05) is 0 Å². The summed E-state index contributed by atoms with van der Waals surface area (Å²) in [5, 5.41) is 79.8. The molecule has 0 bridgehead atoms. The summed E-state index contributed by atoms with van der Waals surface area (Å²) in [6.45, 7) is 15.6. The minimum Gasteiger partial charge on any atom is -0.394 e. The fourth-order valence-electron chi connectivity index (χ4n) is 9.02. The second-order valence-electron chi connectivity index (χ2n) is 21.6. The molecule has 0 aromatic rings. The second-order valence-corrected chi connectivity index (χ2v) is 21.6. The fourth-order valence-corrected chi connectivity index (χ4v) is 9.02. The third kappa shape index (κ3) is 29.5. The number of aliphatic hydroxyl groups excluding tert-OH is 8. The van der Waals surface area contributed by atoms with Gasteiger partial charge in [-0.25, -0.2) is 0 Å². The monoisotopic (exact) mass is 1010 g/mol. The van der Waals surface area contributed by atoms with Crippen LogP contribution >= 0.6 is 0 Å². The van der Waals surface area contributed by atoms with Crippen molar-refractivity contribution in [2.45, 2.75) is 256 Å². The van der Waals surface area contributed by atoms with Crippen molar-refractivity contribution in [1.29, 1.82) is 0 Å². The quantitative estimate of drug-likeness (QED) is 0.0300. The minimum atomic E-state index is -1.37. The van der Waals surface area contributed by atoms with Gasteiger partial charge in [0.1, 0.15) is 61.0 Å². The van der Waals surface area contributed by atoms with Gasteiger partial charge in [0.2, 0.25) is 0 Å². The van der Waals surface area contributed by atoms with Crippen LogP contribution < -0.4 is 0 Å². The Morgan fingerprint density at radius 2 is 0.714 bits per heavy atom. The highest BCUT2D eigenvalue weighted by Gasteiger charge is 2.48. The lowest BCUT2D eigenvalue weighted by molar-refractivity contribution is -0.198. The van der Waals surface area contributed by atoms with Gasteiger partial charge in [-0.2, -0.15) is 0 Å². The summed E-state index contributed by atoms with van der Waals surface area (Å²) in [5.74, 6) is 2.50. The van der Waals surface area contributed by atoms with Crippen molar-refractivity contribution in [2.24, 2.45) is 23.7 Å². The fraction of sp³-hybridized carbons (Fsp3) is 1.00. The summed E-state index contributed by atoms with van der Waals surface area (Å²) >= 11 is 0. The van der Waals surface area contributed by atoms with Gasteiger partial charge in [-0.05, 0) is 49.4 Å². The van der Waals surface area contributed by atoms with Gasteiger partial charge < -0.3 is 78.7 Å². The summed E-state index contributed by atoms with van der Waals surface area (Å²) in [4.78, 5) is 0. The molecular weight excluding hydrogens is 905 g/mol. The summed E-state index contributed by atoms with van der Waals surface area (Å²) in [7, 11) is 0. The van der Waals surface area contributed by atoms with E-state index in [1.54, 1.807) is 0 Å². The molecule has 2 saturated heterocycles. The lowest BCUT2D eigenvalue weighted by Gasteiger charge is -2.23. The van der Waals surface area contributed by atoms with Gasteiger partial charge in [-0.1, -0.05) is 157 Å². The van der Waals surface area contributed by atoms with Crippen molar-refractivity contribution in [3.05, 3.63) is 0 Å². The smallest absolute Gasteiger partial charge is 0.186 e. The molecule has 0 spiro atoms. The number of hydrogen-bond acceptors (Lipinski definition) is 16. The first-order chi connectivity index (χ1) is 33.7. The molecule has 0 aliphatic carbocycles. The Balaban J connectivity index is 1.53. The number of aliphatic hydroxyl groups is 8. The van der Waals surface area contributed by atoms with Crippen LogP contribution in [0.3, 0.4) is 0 Å². The Hall–Kier alpha value is -0.640. The highest BCUT2D eigenvalue weighted by Crippen LogP contribution is 2.27. The highest BCUT2D eigenvalue weighted by molar-refractivity contribution is 4.91. The molecule has 14 atom stereocenters. The van der Waals surface area contributed by atoms with Crippen LogP contribution in [0.1, 0.15) is 183 Å². The molecule has 16 heteroatoms. The molecule has 2 rings (SSSR count). The summed E-state index contributed by atoms with van der Waals surface area (Å²) in [5.41, 5.74) is 0. The van der Waals surface area contributed by atoms with E-state index in [4.69, 9.17) is 37.9 Å². The van der Waals surface area contributed by atoms with Gasteiger partial charge in [-0.3, -0.25) is 0 Å². The van der Waals surface area contributed by atoms with Gasteiger partial charge in [0.05, 0.1) is 39.6 Å². The normalized spacial score (nSPS) is 25.5. The zero-order valence-corrected chi connectivity index (χ0v) is 44.7. The van der Waals surface area contributed by atoms with E-state index in [1.165, 1.54) is 89.9 Å². The molecule has 418 valence electrons. The van der Waals surface area contributed by atoms with Gasteiger partial charge >= 0.3 is 0 Å². The Morgan fingerprint density at radius 1 is 0.386 bits per heavy atom. The molecular formula is C54H106O16. The number of ether oxygens (including phenoxy) is 8. The Kier molecular flexibility index (Phi) is 38.0. The van der Waals surface area contributed by atoms with E-state index < -0.39 is 74.6 Å². The zero-order chi connectivity index (χ0) is 51.5. The van der Waals surface area contributed by atoms with Gasteiger partial charge in [-0.15, -0.1) is 0 Å². The van der Waals surface area contributed by atoms with Crippen LogP contribution in [-0.2, 0) is 37.9 Å². The molecule has 0 saturated carbocycles. The number of unbranched alkanes of at least 4 members (excludes halogenated alkanes) is 13. The molecule has 0 aromatic heterocycles. The van der Waals surface area contributed by atoms with Crippen LogP contribution in [0.5, 0.6) is 0 Å². The number of rotatable bonds is 47. The van der Waals surface area contributed by atoms with Gasteiger partial charge in [0.15, 0.2) is 12.6 Å². The topological polar surface area (TPSA) is 236 Å². The average molecular weight is 1010 g/mol. The Labute approximate surface area is 423 Å². The lowest BCUT2D eigenvalue weighted by atomic mass is 9.98. The molecule has 0 aromatic carbocycles. The first-order valence-electron chi connectivity index (χ1n) is 27.9. The van der Waals surface area contributed by atoms with Crippen molar-refractivity contribution in [2.75, 3.05) is 66.1 Å². The maximum absolute atomic E-state index is 10.4. The Morgan fingerprint density at radius 3 is 1.03 bits per heavy atom. The van der Waals surface area contributed by atoms with Crippen LogP contribution in [-0.4, -0.2) is 181 Å². The molecule has 70 heavy (non-hydrogen) atoms. The minimum absolute atomic E-state index is 0.102. The van der Waals surface area contributed by atoms with Gasteiger partial charge in [0.25, 0.3) is 0 Å². The standard InChI is InChI=1S/C54H106O16/c1-39(2)23-21-25-41(5)27-31-65-43(37-67-53-49(61)47(59)51(69-53)45(57)33-55)35-63-29-19-17-15-13-11-9-7-8-10-12-14-16-18-20-30-64-36-44(66-32-28-42(6)26-22-24-40(3)4)38-68-54-50(62)48(60)52(70-54)46(58)34-56/h39-62H,7-38H2,1-6H3/t41-,42-,43-,44-,45-,46-,47-,48-,49-,50-,51+,52+,53-,54-/m1/s1. The van der Waals surface area contributed by atoms with Crippen LogP contribution in [0.15, 0.2) is 0 Å². The third-order valence-electron chi connectivity index (χ3n) is 13.9. The first kappa shape index (κ1) is 65.5. The van der Waals surface area contributed by atoms with Crippen LogP contribution in [0, 0.1) is 23.7 Å². The molecule has 0 unspecified atom stereocenters. The SMILES string of the molecule is CC(C)CCC[C@@H](C)CCO[C@H](COCCCCCCCCCCCCCCCCOC[C@H](CO[C@@H]1O[C@@H]([C@H](O)CO)[C@H](O)[C@H]1O)OCC[C@H](C)CCCC(C)C)CO[C@@H]1O[C@@H]([C@H](O)CO)[C@H](O)[C@H]1O. The largest absolute Gasteiger partial charge is 0.394 e. The second kappa shape index (κ2) is 40.6. The first-order valence-corrected chi connectivity index (χ1v) is 27.9. The summed E-state index contributed by atoms with van der Waals surface area (Å²) in [6.07, 6.45) is 12.3. The molecule has 2 heterocycles. The van der Waals surface area contributed by atoms with Gasteiger partial charge in [0, 0.05) is 26.4 Å². The average Bonchev–Trinajstić information content (AvgIpc) is 3.78. The third-order valence-corrected chi connectivity index (χ3v) is 13.9. The van der Waals surface area contributed by atoms with E-state index in [0.29, 0.717) is 63.3 Å². The molecule has 0 amide bonds. The van der Waals surface area contributed by atoms with Crippen LogP contribution in [0.25, 0.3) is 0 Å². The molecule has 0 radical (unpaired) electrons. The maximum atomic E-state index is 10.4. The summed E-state index contributed by atoms with van der Waals surface area (Å²) in [6, 6.07) is 0. The molecule has 16 nitrogen and oxygen atoms in total. The molecule has 2 fully saturated rings. The van der Waals surface area contributed by atoms with Crippen LogP contribution in [0.4, 0.5) is 0 Å². The van der Waals surface area contributed by atoms with E-state index >= 15 is 0 Å².